The lowest BCUT2D eigenvalue weighted by atomic mass is 10.3. The topological polar surface area (TPSA) is 89.8 Å². The SMILES string of the molecule is N#Cc1cn[nH]c1N1C(=O)CCC1=O. The number of imide groups is 1. The molecule has 0 aliphatic carbocycles. The Kier molecular flexibility index (Phi) is 1.78. The van der Waals surface area contributed by atoms with Crippen molar-refractivity contribution >= 4 is 17.6 Å². The van der Waals surface area contributed by atoms with Crippen molar-refractivity contribution in [2.75, 3.05) is 4.90 Å². The lowest BCUT2D eigenvalue weighted by molar-refractivity contribution is -0.121. The highest BCUT2D eigenvalue weighted by Gasteiger charge is 2.32. The van der Waals surface area contributed by atoms with Gasteiger partial charge in [0.15, 0.2) is 5.82 Å². The number of aromatic amines is 1. The summed E-state index contributed by atoms with van der Waals surface area (Å²) in [4.78, 5) is 23.6. The number of rotatable bonds is 1. The lowest BCUT2D eigenvalue weighted by Crippen LogP contribution is -2.29. The van der Waals surface area contributed by atoms with E-state index in [2.05, 4.69) is 10.2 Å². The molecule has 1 N–H and O–H groups in total. The molecule has 1 aliphatic heterocycles. The highest BCUT2D eigenvalue weighted by Crippen LogP contribution is 2.22. The van der Waals surface area contributed by atoms with Crippen LogP contribution in [0.5, 0.6) is 0 Å². The number of nitrogens with one attached hydrogen (secondary N) is 1. The summed E-state index contributed by atoms with van der Waals surface area (Å²) in [6.07, 6.45) is 1.68. The summed E-state index contributed by atoms with van der Waals surface area (Å²) in [6, 6.07) is 1.85. The number of nitrogens with zero attached hydrogens (tertiary/aromatic N) is 3. The molecule has 0 spiro atoms. The summed E-state index contributed by atoms with van der Waals surface area (Å²) in [7, 11) is 0. The fourth-order valence-electron chi connectivity index (χ4n) is 1.36. The zero-order valence-corrected chi connectivity index (χ0v) is 7.15. The van der Waals surface area contributed by atoms with E-state index in [1.807, 2.05) is 6.07 Å². The summed E-state index contributed by atoms with van der Waals surface area (Å²) in [5, 5.41) is 14.8. The molecule has 70 valence electrons. The molecule has 0 saturated carbocycles. The molecule has 0 unspecified atom stereocenters. The quantitative estimate of drug-likeness (QED) is 0.628. The molecule has 6 heteroatoms. The first kappa shape index (κ1) is 8.44. The van der Waals surface area contributed by atoms with Gasteiger partial charge >= 0.3 is 0 Å². The minimum Gasteiger partial charge on any atom is -0.274 e. The minimum atomic E-state index is -0.296. The van der Waals surface area contributed by atoms with Gasteiger partial charge in [0.25, 0.3) is 0 Å². The van der Waals surface area contributed by atoms with E-state index in [9.17, 15) is 9.59 Å². The van der Waals surface area contributed by atoms with E-state index in [1.54, 1.807) is 0 Å². The third-order valence-electron chi connectivity index (χ3n) is 2.01. The van der Waals surface area contributed by atoms with Crippen molar-refractivity contribution in [3.05, 3.63) is 11.8 Å². The number of anilines is 1. The van der Waals surface area contributed by atoms with Crippen LogP contribution in [0, 0.1) is 11.3 Å². The van der Waals surface area contributed by atoms with Crippen LogP contribution in [0.15, 0.2) is 6.20 Å². The molecule has 6 nitrogen and oxygen atoms in total. The van der Waals surface area contributed by atoms with Crippen LogP contribution < -0.4 is 4.90 Å². The minimum absolute atomic E-state index is 0.181. The molecule has 0 atom stereocenters. The van der Waals surface area contributed by atoms with Crippen molar-refractivity contribution in [3.8, 4) is 6.07 Å². The van der Waals surface area contributed by atoms with Crippen molar-refractivity contribution in [2.24, 2.45) is 0 Å². The number of hydrogen-bond donors (Lipinski definition) is 1. The fourth-order valence-corrected chi connectivity index (χ4v) is 1.36. The van der Waals surface area contributed by atoms with Crippen molar-refractivity contribution in [2.45, 2.75) is 12.8 Å². The first-order valence-electron chi connectivity index (χ1n) is 4.03. The Hall–Kier alpha value is -2.16. The molecule has 2 heterocycles. The molecule has 1 aliphatic rings. The Morgan fingerprint density at radius 2 is 2.07 bits per heavy atom. The van der Waals surface area contributed by atoms with Gasteiger partial charge in [-0.3, -0.25) is 14.7 Å². The van der Waals surface area contributed by atoms with Crippen LogP contribution in [-0.4, -0.2) is 22.0 Å². The number of H-pyrrole nitrogens is 1. The number of amides is 2. The van der Waals surface area contributed by atoms with Crippen LogP contribution in [0.2, 0.25) is 0 Å². The zero-order chi connectivity index (χ0) is 10.1. The average molecular weight is 190 g/mol. The van der Waals surface area contributed by atoms with Gasteiger partial charge in [-0.2, -0.15) is 10.4 Å². The Labute approximate surface area is 79.1 Å². The molecular weight excluding hydrogens is 184 g/mol. The van der Waals surface area contributed by atoms with E-state index >= 15 is 0 Å². The number of carbonyl (C=O) groups is 2. The largest absolute Gasteiger partial charge is 0.274 e. The Morgan fingerprint density at radius 1 is 1.43 bits per heavy atom. The van der Waals surface area contributed by atoms with Crippen LogP contribution in [-0.2, 0) is 9.59 Å². The van der Waals surface area contributed by atoms with E-state index in [1.165, 1.54) is 6.20 Å². The molecule has 0 aromatic carbocycles. The van der Waals surface area contributed by atoms with E-state index in [4.69, 9.17) is 5.26 Å². The van der Waals surface area contributed by atoms with Crippen molar-refractivity contribution in [1.29, 1.82) is 5.26 Å². The third-order valence-corrected chi connectivity index (χ3v) is 2.01. The molecule has 1 aromatic heterocycles. The summed E-state index contributed by atoms with van der Waals surface area (Å²) in [5.74, 6) is -0.411. The van der Waals surface area contributed by atoms with E-state index < -0.39 is 0 Å². The average Bonchev–Trinajstić information content (AvgIpc) is 2.73. The molecule has 2 amide bonds. The van der Waals surface area contributed by atoms with Gasteiger partial charge in [0.05, 0.1) is 6.20 Å². The summed E-state index contributed by atoms with van der Waals surface area (Å²) >= 11 is 0. The first-order valence-corrected chi connectivity index (χ1v) is 4.03. The van der Waals surface area contributed by atoms with E-state index in [0.29, 0.717) is 0 Å². The van der Waals surface area contributed by atoms with Gasteiger partial charge in [0.2, 0.25) is 11.8 Å². The molecule has 2 rings (SSSR count). The van der Waals surface area contributed by atoms with Crippen LogP contribution in [0.25, 0.3) is 0 Å². The Balaban J connectivity index is 2.45. The highest BCUT2D eigenvalue weighted by molar-refractivity contribution is 6.19. The molecular formula is C8H6N4O2. The summed E-state index contributed by atoms with van der Waals surface area (Å²) < 4.78 is 0. The second kappa shape index (κ2) is 2.96. The standard InChI is InChI=1S/C8H6N4O2/c9-3-5-4-10-11-8(5)12-6(13)1-2-7(12)14/h4H,1-2H2,(H,10,11). The van der Waals surface area contributed by atoms with Gasteiger partial charge in [0.1, 0.15) is 11.6 Å². The zero-order valence-electron chi connectivity index (χ0n) is 7.15. The number of nitriles is 1. The Bertz CT molecular complexity index is 426. The second-order valence-electron chi connectivity index (χ2n) is 2.87. The van der Waals surface area contributed by atoms with Crippen LogP contribution in [0.1, 0.15) is 18.4 Å². The maximum Gasteiger partial charge on any atom is 0.235 e. The molecule has 14 heavy (non-hydrogen) atoms. The molecule has 1 fully saturated rings. The van der Waals surface area contributed by atoms with Crippen molar-refractivity contribution in [3.63, 3.8) is 0 Å². The van der Waals surface area contributed by atoms with E-state index in [-0.39, 0.29) is 36.0 Å². The van der Waals surface area contributed by atoms with Crippen LogP contribution in [0.3, 0.4) is 0 Å². The van der Waals surface area contributed by atoms with Crippen molar-refractivity contribution in [1.82, 2.24) is 10.2 Å². The van der Waals surface area contributed by atoms with Gasteiger partial charge in [-0.15, -0.1) is 0 Å². The molecule has 0 bridgehead atoms. The molecule has 1 saturated heterocycles. The van der Waals surface area contributed by atoms with E-state index in [0.717, 1.165) is 4.90 Å². The smallest absolute Gasteiger partial charge is 0.235 e. The maximum absolute atomic E-state index is 11.3. The number of carbonyl (C=O) groups excluding carboxylic acids is 2. The first-order chi connectivity index (χ1) is 6.74. The van der Waals surface area contributed by atoms with Gasteiger partial charge in [0, 0.05) is 12.8 Å². The predicted octanol–water partition coefficient (Wildman–Crippen LogP) is -0.0652. The van der Waals surface area contributed by atoms with Crippen LogP contribution >= 0.6 is 0 Å². The monoisotopic (exact) mass is 190 g/mol. The van der Waals surface area contributed by atoms with Gasteiger partial charge in [-0.25, -0.2) is 4.90 Å². The molecule has 1 aromatic rings. The van der Waals surface area contributed by atoms with Crippen molar-refractivity contribution < 1.29 is 9.59 Å². The Morgan fingerprint density at radius 3 is 2.64 bits per heavy atom. The summed E-state index contributed by atoms with van der Waals surface area (Å²) in [5.41, 5.74) is 0.202. The van der Waals surface area contributed by atoms with Gasteiger partial charge in [-0.05, 0) is 0 Å². The highest BCUT2D eigenvalue weighted by atomic mass is 16.2. The van der Waals surface area contributed by atoms with Crippen LogP contribution in [0.4, 0.5) is 5.82 Å². The lowest BCUT2D eigenvalue weighted by Gasteiger charge is -2.10. The fraction of sp³-hybridized carbons (Fsp3) is 0.250. The number of aromatic nitrogens is 2. The molecule has 0 radical (unpaired) electrons. The summed E-state index contributed by atoms with van der Waals surface area (Å²) in [6.45, 7) is 0. The normalized spacial score (nSPS) is 16.1. The maximum atomic E-state index is 11.3. The number of hydrogen-bond acceptors (Lipinski definition) is 4. The third kappa shape index (κ3) is 1.07. The predicted molar refractivity (Wildman–Crippen MR) is 45.0 cm³/mol. The second-order valence-corrected chi connectivity index (χ2v) is 2.87. The van der Waals surface area contributed by atoms with Gasteiger partial charge < -0.3 is 0 Å². The van der Waals surface area contributed by atoms with Gasteiger partial charge in [-0.1, -0.05) is 0 Å².